The Labute approximate surface area is 165 Å². The Balaban J connectivity index is 1.96. The number of amides is 1. The molecule has 0 bridgehead atoms. The van der Waals surface area contributed by atoms with Crippen LogP contribution < -0.4 is 11.3 Å². The molecule has 3 aromatic rings. The van der Waals surface area contributed by atoms with E-state index in [0.717, 1.165) is 47.2 Å². The Kier molecular flexibility index (Phi) is 5.06. The number of rotatable bonds is 4. The highest BCUT2D eigenvalue weighted by atomic mass is 32.2. The van der Waals surface area contributed by atoms with Gasteiger partial charge in [0.1, 0.15) is 4.83 Å². The molecule has 1 aliphatic carbocycles. The van der Waals surface area contributed by atoms with E-state index in [0.29, 0.717) is 5.16 Å². The van der Waals surface area contributed by atoms with Crippen LogP contribution in [0.25, 0.3) is 15.9 Å². The van der Waals surface area contributed by atoms with E-state index in [1.54, 1.807) is 15.9 Å². The Morgan fingerprint density at radius 1 is 1.22 bits per heavy atom. The van der Waals surface area contributed by atoms with Crippen molar-refractivity contribution in [1.82, 2.24) is 9.55 Å². The average molecular weight is 400 g/mol. The second-order valence-corrected chi connectivity index (χ2v) is 8.90. The zero-order valence-electron chi connectivity index (χ0n) is 15.2. The van der Waals surface area contributed by atoms with Crippen LogP contribution in [0.2, 0.25) is 0 Å². The van der Waals surface area contributed by atoms with E-state index in [1.165, 1.54) is 28.6 Å². The standard InChI is InChI=1S/C20H21N3O2S2/c1-12-7-9-13(10-8-12)23-19(25)17-14-5-3-2-4-6-15(14)27-18(17)22-20(23)26-11-16(21)24/h7-10H,2-6,11H2,1H3,(H2,21,24). The summed E-state index contributed by atoms with van der Waals surface area (Å²) in [6.07, 6.45) is 5.43. The van der Waals surface area contributed by atoms with Crippen LogP contribution in [-0.4, -0.2) is 21.2 Å². The maximum Gasteiger partial charge on any atom is 0.267 e. The predicted octanol–water partition coefficient (Wildman–Crippen LogP) is 3.60. The van der Waals surface area contributed by atoms with Gasteiger partial charge in [-0.25, -0.2) is 4.98 Å². The number of carbonyl (C=O) groups is 1. The molecule has 2 aromatic heterocycles. The van der Waals surface area contributed by atoms with Gasteiger partial charge in [0.25, 0.3) is 5.56 Å². The van der Waals surface area contributed by atoms with Crippen LogP contribution in [-0.2, 0) is 17.6 Å². The minimum Gasteiger partial charge on any atom is -0.369 e. The van der Waals surface area contributed by atoms with Crippen molar-refractivity contribution in [1.29, 1.82) is 0 Å². The molecule has 0 fully saturated rings. The number of hydrogen-bond acceptors (Lipinski definition) is 5. The molecule has 140 valence electrons. The number of nitrogens with zero attached hydrogens (tertiary/aromatic N) is 2. The summed E-state index contributed by atoms with van der Waals surface area (Å²) in [5.41, 5.74) is 8.34. The number of aromatic nitrogens is 2. The van der Waals surface area contributed by atoms with Gasteiger partial charge in [0.15, 0.2) is 5.16 Å². The van der Waals surface area contributed by atoms with Gasteiger partial charge in [-0.3, -0.25) is 14.2 Å². The van der Waals surface area contributed by atoms with Crippen LogP contribution in [0.15, 0.2) is 34.2 Å². The third-order valence-electron chi connectivity index (χ3n) is 4.84. The summed E-state index contributed by atoms with van der Waals surface area (Å²) >= 11 is 2.85. The summed E-state index contributed by atoms with van der Waals surface area (Å²) in [4.78, 5) is 31.7. The Morgan fingerprint density at radius 2 is 1.96 bits per heavy atom. The maximum absolute atomic E-state index is 13.5. The van der Waals surface area contributed by atoms with Gasteiger partial charge in [-0.1, -0.05) is 35.9 Å². The number of fused-ring (bicyclic) bond motifs is 3. The molecule has 0 atom stereocenters. The van der Waals surface area contributed by atoms with Gasteiger partial charge in [-0.2, -0.15) is 0 Å². The minimum absolute atomic E-state index is 0.0461. The molecule has 4 rings (SSSR count). The number of nitrogens with two attached hydrogens (primary N) is 1. The van der Waals surface area contributed by atoms with E-state index in [1.807, 2.05) is 31.2 Å². The average Bonchev–Trinajstić information content (AvgIpc) is 2.82. The molecule has 7 heteroatoms. The molecule has 1 aliphatic rings. The summed E-state index contributed by atoms with van der Waals surface area (Å²) < 4.78 is 1.63. The molecule has 0 spiro atoms. The van der Waals surface area contributed by atoms with Crippen LogP contribution in [0.5, 0.6) is 0 Å². The third-order valence-corrected chi connectivity index (χ3v) is 6.99. The lowest BCUT2D eigenvalue weighted by Crippen LogP contribution is -2.23. The number of hydrogen-bond donors (Lipinski definition) is 1. The molecule has 1 aromatic carbocycles. The second-order valence-electron chi connectivity index (χ2n) is 6.87. The molecule has 27 heavy (non-hydrogen) atoms. The molecule has 0 aliphatic heterocycles. The fourth-order valence-electron chi connectivity index (χ4n) is 3.52. The molecule has 2 N–H and O–H groups in total. The quantitative estimate of drug-likeness (QED) is 0.413. The third kappa shape index (κ3) is 3.53. The SMILES string of the molecule is Cc1ccc(-n2c(SCC(N)=O)nc3sc4c(c3c2=O)CCCCC4)cc1. The zero-order valence-corrected chi connectivity index (χ0v) is 16.8. The van der Waals surface area contributed by atoms with E-state index in [4.69, 9.17) is 10.7 Å². The highest BCUT2D eigenvalue weighted by Gasteiger charge is 2.22. The van der Waals surface area contributed by atoms with Gasteiger partial charge >= 0.3 is 0 Å². The summed E-state index contributed by atoms with van der Waals surface area (Å²) in [6.45, 7) is 2.01. The van der Waals surface area contributed by atoms with Crippen molar-refractivity contribution in [3.63, 3.8) is 0 Å². The van der Waals surface area contributed by atoms with E-state index < -0.39 is 5.91 Å². The van der Waals surface area contributed by atoms with Crippen molar-refractivity contribution in [2.75, 3.05) is 5.75 Å². The number of aryl methyl sites for hydroxylation is 3. The first-order valence-electron chi connectivity index (χ1n) is 9.10. The van der Waals surface area contributed by atoms with Crippen LogP contribution >= 0.6 is 23.1 Å². The van der Waals surface area contributed by atoms with Gasteiger partial charge in [0, 0.05) is 4.88 Å². The lowest BCUT2D eigenvalue weighted by atomic mass is 10.1. The lowest BCUT2D eigenvalue weighted by Gasteiger charge is -2.12. The number of primary amides is 1. The van der Waals surface area contributed by atoms with Gasteiger partial charge < -0.3 is 5.73 Å². The molecule has 2 heterocycles. The highest BCUT2D eigenvalue weighted by molar-refractivity contribution is 7.99. The number of thioether (sulfide) groups is 1. The van der Waals surface area contributed by atoms with Gasteiger partial charge in [0.2, 0.25) is 5.91 Å². The zero-order chi connectivity index (χ0) is 19.0. The van der Waals surface area contributed by atoms with E-state index in [2.05, 4.69) is 0 Å². The Hall–Kier alpha value is -2.12. The number of carbonyl (C=O) groups excluding carboxylic acids is 1. The van der Waals surface area contributed by atoms with Crippen LogP contribution in [0.3, 0.4) is 0 Å². The van der Waals surface area contributed by atoms with Crippen LogP contribution in [0.1, 0.15) is 35.3 Å². The monoisotopic (exact) mass is 399 g/mol. The van der Waals surface area contributed by atoms with Crippen molar-refractivity contribution in [2.24, 2.45) is 5.73 Å². The first-order chi connectivity index (χ1) is 13.0. The normalized spacial score (nSPS) is 14.1. The Bertz CT molecular complexity index is 1070. The number of benzene rings is 1. The molecule has 5 nitrogen and oxygen atoms in total. The molecular formula is C20H21N3O2S2. The van der Waals surface area contributed by atoms with Crippen molar-refractivity contribution in [3.8, 4) is 5.69 Å². The van der Waals surface area contributed by atoms with Crippen molar-refractivity contribution in [2.45, 2.75) is 44.2 Å². The molecule has 1 amide bonds. The number of thiophene rings is 1. The largest absolute Gasteiger partial charge is 0.369 e. The first-order valence-corrected chi connectivity index (χ1v) is 10.9. The maximum atomic E-state index is 13.5. The van der Waals surface area contributed by atoms with E-state index in [-0.39, 0.29) is 11.3 Å². The van der Waals surface area contributed by atoms with E-state index in [9.17, 15) is 9.59 Å². The predicted molar refractivity (Wildman–Crippen MR) is 111 cm³/mol. The van der Waals surface area contributed by atoms with Gasteiger partial charge in [-0.15, -0.1) is 11.3 Å². The molecule has 0 unspecified atom stereocenters. The fraction of sp³-hybridized carbons (Fsp3) is 0.350. The minimum atomic E-state index is -0.424. The van der Waals surface area contributed by atoms with Crippen LogP contribution in [0.4, 0.5) is 0 Å². The summed E-state index contributed by atoms with van der Waals surface area (Å²) in [5, 5.41) is 1.27. The highest BCUT2D eigenvalue weighted by Crippen LogP contribution is 2.34. The Morgan fingerprint density at radius 3 is 2.70 bits per heavy atom. The summed E-state index contributed by atoms with van der Waals surface area (Å²) in [6, 6.07) is 7.79. The molecule has 0 saturated carbocycles. The fourth-order valence-corrected chi connectivity index (χ4v) is 5.57. The van der Waals surface area contributed by atoms with Crippen molar-refractivity contribution >= 4 is 39.2 Å². The molecule has 0 radical (unpaired) electrons. The van der Waals surface area contributed by atoms with Crippen molar-refractivity contribution in [3.05, 3.63) is 50.6 Å². The van der Waals surface area contributed by atoms with E-state index >= 15 is 0 Å². The van der Waals surface area contributed by atoms with Gasteiger partial charge in [-0.05, 0) is 50.3 Å². The van der Waals surface area contributed by atoms with Crippen LogP contribution in [0, 0.1) is 6.92 Å². The summed E-state index contributed by atoms with van der Waals surface area (Å²) in [5.74, 6) is -0.332. The lowest BCUT2D eigenvalue weighted by molar-refractivity contribution is -0.115. The van der Waals surface area contributed by atoms with Gasteiger partial charge in [0.05, 0.1) is 16.8 Å². The topological polar surface area (TPSA) is 78.0 Å². The molecule has 0 saturated heterocycles. The first kappa shape index (κ1) is 18.3. The van der Waals surface area contributed by atoms with Crippen molar-refractivity contribution < 1.29 is 4.79 Å². The second kappa shape index (κ2) is 7.48. The smallest absolute Gasteiger partial charge is 0.267 e. The molecular weight excluding hydrogens is 378 g/mol. The summed E-state index contributed by atoms with van der Waals surface area (Å²) in [7, 11) is 0.